The van der Waals surface area contributed by atoms with Crippen LogP contribution in [0.3, 0.4) is 0 Å². The van der Waals surface area contributed by atoms with Crippen LogP contribution < -0.4 is 5.32 Å². The normalized spacial score (nSPS) is 13.7. The Morgan fingerprint density at radius 3 is 2.74 bits per heavy atom. The summed E-state index contributed by atoms with van der Waals surface area (Å²) in [5.74, 6) is 1.54. The third kappa shape index (κ3) is 3.54. The molecule has 31 heavy (non-hydrogen) atoms. The first-order valence-electron chi connectivity index (χ1n) is 10.5. The van der Waals surface area contributed by atoms with Gasteiger partial charge in [0, 0.05) is 42.7 Å². The molecule has 2 aromatic carbocycles. The first kappa shape index (κ1) is 19.3. The van der Waals surface area contributed by atoms with E-state index in [-0.39, 0.29) is 0 Å². The minimum absolute atomic E-state index is 0.654. The van der Waals surface area contributed by atoms with E-state index in [2.05, 4.69) is 40.0 Å². The molecule has 0 radical (unpaired) electrons. The molecular weight excluding hydrogens is 384 g/mol. The average molecular weight is 409 g/mol. The van der Waals surface area contributed by atoms with Crippen molar-refractivity contribution in [1.29, 1.82) is 5.26 Å². The van der Waals surface area contributed by atoms with Crippen LogP contribution in [0.15, 0.2) is 54.6 Å². The standard InChI is InChI=1S/C25H24N6/c1-17-13-20-19(14-26)9-6-10-23(20)31(17)25-28-22-11-12-30(2)16-21(22)24(29-25)27-15-18-7-4-3-5-8-18/h3-10,13H,11-12,15-16H2,1-2H3,(H,27,28,29). The molecule has 0 saturated carbocycles. The molecule has 0 spiro atoms. The first-order chi connectivity index (χ1) is 15.1. The summed E-state index contributed by atoms with van der Waals surface area (Å²) in [5.41, 5.74) is 6.11. The van der Waals surface area contributed by atoms with Crippen LogP contribution in [0.2, 0.25) is 0 Å². The summed E-state index contributed by atoms with van der Waals surface area (Å²) in [5, 5.41) is 14.0. The Hall–Kier alpha value is -3.69. The lowest BCUT2D eigenvalue weighted by Gasteiger charge is -2.26. The summed E-state index contributed by atoms with van der Waals surface area (Å²) in [4.78, 5) is 12.3. The van der Waals surface area contributed by atoms with Gasteiger partial charge in [-0.2, -0.15) is 10.2 Å². The smallest absolute Gasteiger partial charge is 0.236 e. The molecule has 6 nitrogen and oxygen atoms in total. The SMILES string of the molecule is Cc1cc2c(C#N)cccc2n1-c1nc2c(c(NCc3ccccc3)n1)CN(C)CC2. The van der Waals surface area contributed by atoms with Gasteiger partial charge in [0.25, 0.3) is 0 Å². The zero-order chi connectivity index (χ0) is 21.4. The molecule has 154 valence electrons. The monoisotopic (exact) mass is 408 g/mol. The van der Waals surface area contributed by atoms with Gasteiger partial charge < -0.3 is 10.2 Å². The quantitative estimate of drug-likeness (QED) is 0.548. The minimum Gasteiger partial charge on any atom is -0.366 e. The molecule has 4 aromatic rings. The number of aryl methyl sites for hydroxylation is 1. The van der Waals surface area contributed by atoms with Gasteiger partial charge in [-0.25, -0.2) is 4.98 Å². The van der Waals surface area contributed by atoms with E-state index in [1.807, 2.05) is 49.4 Å². The number of fused-ring (bicyclic) bond motifs is 2. The Labute approximate surface area is 181 Å². The lowest BCUT2D eigenvalue weighted by molar-refractivity contribution is 0.309. The molecule has 0 fully saturated rings. The Bertz CT molecular complexity index is 1300. The molecule has 1 aliphatic heterocycles. The van der Waals surface area contributed by atoms with E-state index in [4.69, 9.17) is 9.97 Å². The average Bonchev–Trinajstić information content (AvgIpc) is 3.14. The fourth-order valence-corrected chi connectivity index (χ4v) is 4.29. The Kier molecular flexibility index (Phi) is 4.89. The van der Waals surface area contributed by atoms with E-state index < -0.39 is 0 Å². The van der Waals surface area contributed by atoms with Gasteiger partial charge in [-0.05, 0) is 37.7 Å². The molecule has 0 saturated heterocycles. The maximum Gasteiger partial charge on any atom is 0.236 e. The van der Waals surface area contributed by atoms with Crippen molar-refractivity contribution in [2.24, 2.45) is 0 Å². The first-order valence-corrected chi connectivity index (χ1v) is 10.5. The summed E-state index contributed by atoms with van der Waals surface area (Å²) >= 11 is 0. The summed E-state index contributed by atoms with van der Waals surface area (Å²) in [6, 6.07) is 20.5. The number of nitriles is 1. The highest BCUT2D eigenvalue weighted by molar-refractivity contribution is 5.88. The third-order valence-electron chi connectivity index (χ3n) is 5.89. The summed E-state index contributed by atoms with van der Waals surface area (Å²) in [6.07, 6.45) is 0.892. The second-order valence-corrected chi connectivity index (χ2v) is 8.10. The number of anilines is 1. The molecule has 3 heterocycles. The summed E-state index contributed by atoms with van der Waals surface area (Å²) in [7, 11) is 2.13. The van der Waals surface area contributed by atoms with Crippen LogP contribution in [-0.2, 0) is 19.5 Å². The van der Waals surface area contributed by atoms with Gasteiger partial charge >= 0.3 is 0 Å². The van der Waals surface area contributed by atoms with Crippen molar-refractivity contribution in [3.8, 4) is 12.0 Å². The van der Waals surface area contributed by atoms with Crippen LogP contribution in [-0.4, -0.2) is 33.0 Å². The molecule has 5 rings (SSSR count). The highest BCUT2D eigenvalue weighted by Crippen LogP contribution is 2.29. The van der Waals surface area contributed by atoms with Crippen LogP contribution in [0.1, 0.15) is 28.1 Å². The van der Waals surface area contributed by atoms with Gasteiger partial charge in [-0.1, -0.05) is 36.4 Å². The molecular formula is C25H24N6. The Balaban J connectivity index is 1.63. The van der Waals surface area contributed by atoms with Gasteiger partial charge in [0.15, 0.2) is 0 Å². The van der Waals surface area contributed by atoms with Gasteiger partial charge in [0.05, 0.1) is 22.8 Å². The molecule has 1 N–H and O–H groups in total. The van der Waals surface area contributed by atoms with Crippen molar-refractivity contribution >= 4 is 16.7 Å². The van der Waals surface area contributed by atoms with Crippen molar-refractivity contribution in [3.05, 3.63) is 82.7 Å². The number of likely N-dealkylation sites (N-methyl/N-ethyl adjacent to an activating group) is 1. The molecule has 0 unspecified atom stereocenters. The molecule has 0 amide bonds. The fourth-order valence-electron chi connectivity index (χ4n) is 4.29. The second kappa shape index (κ2) is 7.86. The van der Waals surface area contributed by atoms with Crippen molar-refractivity contribution in [1.82, 2.24) is 19.4 Å². The van der Waals surface area contributed by atoms with Crippen LogP contribution in [0.25, 0.3) is 16.9 Å². The third-order valence-corrected chi connectivity index (χ3v) is 5.89. The van der Waals surface area contributed by atoms with Crippen LogP contribution in [0.4, 0.5) is 5.82 Å². The van der Waals surface area contributed by atoms with Crippen molar-refractivity contribution in [2.45, 2.75) is 26.4 Å². The van der Waals surface area contributed by atoms with E-state index >= 15 is 0 Å². The zero-order valence-electron chi connectivity index (χ0n) is 17.8. The number of hydrogen-bond donors (Lipinski definition) is 1. The highest BCUT2D eigenvalue weighted by Gasteiger charge is 2.22. The van der Waals surface area contributed by atoms with E-state index in [9.17, 15) is 5.26 Å². The number of aromatic nitrogens is 3. The Morgan fingerprint density at radius 1 is 1.10 bits per heavy atom. The van der Waals surface area contributed by atoms with Crippen molar-refractivity contribution in [3.63, 3.8) is 0 Å². The van der Waals surface area contributed by atoms with E-state index in [0.717, 1.165) is 47.6 Å². The van der Waals surface area contributed by atoms with E-state index in [1.165, 1.54) is 11.1 Å². The lowest BCUT2D eigenvalue weighted by Crippen LogP contribution is -2.29. The minimum atomic E-state index is 0.654. The van der Waals surface area contributed by atoms with Crippen LogP contribution in [0, 0.1) is 18.3 Å². The number of rotatable bonds is 4. The van der Waals surface area contributed by atoms with Gasteiger partial charge in [0.1, 0.15) is 5.82 Å². The molecule has 1 aliphatic rings. The predicted octanol–water partition coefficient (Wildman–Crippen LogP) is 4.20. The van der Waals surface area contributed by atoms with Crippen molar-refractivity contribution in [2.75, 3.05) is 18.9 Å². The summed E-state index contributed by atoms with van der Waals surface area (Å²) in [6.45, 7) is 4.55. The molecule has 0 aliphatic carbocycles. The van der Waals surface area contributed by atoms with Crippen molar-refractivity contribution < 1.29 is 0 Å². The Morgan fingerprint density at radius 2 is 1.94 bits per heavy atom. The number of nitrogens with one attached hydrogen (secondary N) is 1. The lowest BCUT2D eigenvalue weighted by atomic mass is 10.1. The van der Waals surface area contributed by atoms with E-state index in [1.54, 1.807) is 0 Å². The van der Waals surface area contributed by atoms with E-state index in [0.29, 0.717) is 18.1 Å². The maximum absolute atomic E-state index is 9.51. The largest absolute Gasteiger partial charge is 0.366 e. The van der Waals surface area contributed by atoms with Gasteiger partial charge in [0.2, 0.25) is 5.95 Å². The fraction of sp³-hybridized carbons (Fsp3) is 0.240. The molecule has 2 aromatic heterocycles. The number of hydrogen-bond acceptors (Lipinski definition) is 5. The van der Waals surface area contributed by atoms with Crippen LogP contribution >= 0.6 is 0 Å². The van der Waals surface area contributed by atoms with Crippen LogP contribution in [0.5, 0.6) is 0 Å². The maximum atomic E-state index is 9.51. The second-order valence-electron chi connectivity index (χ2n) is 8.10. The molecule has 6 heteroatoms. The number of nitrogens with zero attached hydrogens (tertiary/aromatic N) is 5. The van der Waals surface area contributed by atoms with Gasteiger partial charge in [-0.15, -0.1) is 0 Å². The number of benzene rings is 2. The zero-order valence-corrected chi connectivity index (χ0v) is 17.8. The topological polar surface area (TPSA) is 69.8 Å². The van der Waals surface area contributed by atoms with Gasteiger partial charge in [-0.3, -0.25) is 4.57 Å². The molecule has 0 atom stereocenters. The molecule has 0 bridgehead atoms. The highest BCUT2D eigenvalue weighted by atomic mass is 15.2. The predicted molar refractivity (Wildman–Crippen MR) is 122 cm³/mol. The summed E-state index contributed by atoms with van der Waals surface area (Å²) < 4.78 is 2.06.